The predicted octanol–water partition coefficient (Wildman–Crippen LogP) is 1.97. The van der Waals surface area contributed by atoms with Crippen LogP contribution in [0.4, 0.5) is 33.6 Å². The fourth-order valence-corrected chi connectivity index (χ4v) is 5.12. The smallest absolute Gasteiger partial charge is 0.321 e. The lowest BCUT2D eigenvalue weighted by atomic mass is 10.2. The van der Waals surface area contributed by atoms with Crippen molar-refractivity contribution in [3.05, 3.63) is 60.8 Å². The molecule has 12 nitrogen and oxygen atoms in total. The Morgan fingerprint density at radius 2 is 1.44 bits per heavy atom. The van der Waals surface area contributed by atoms with E-state index in [4.69, 9.17) is 5.14 Å². The van der Waals surface area contributed by atoms with E-state index in [0.717, 1.165) is 37.7 Å². The number of sulfonamides is 1. The lowest BCUT2D eigenvalue weighted by Gasteiger charge is -2.35. The van der Waals surface area contributed by atoms with Crippen molar-refractivity contribution >= 4 is 44.9 Å². The van der Waals surface area contributed by atoms with Gasteiger partial charge in [-0.15, -0.1) is 0 Å². The highest BCUT2D eigenvalue weighted by atomic mass is 32.2. The quantitative estimate of drug-likeness (QED) is 0.419. The zero-order valence-corrected chi connectivity index (χ0v) is 22.6. The molecule has 206 valence electrons. The van der Waals surface area contributed by atoms with Crippen molar-refractivity contribution < 1.29 is 13.2 Å². The number of likely N-dealkylation sites (N-methyl/N-ethyl adjacent to an activating group) is 1. The summed E-state index contributed by atoms with van der Waals surface area (Å²) in [6.45, 7) is 6.45. The van der Waals surface area contributed by atoms with Gasteiger partial charge in [0.05, 0.1) is 4.90 Å². The molecule has 13 heteroatoms. The van der Waals surface area contributed by atoms with Gasteiger partial charge in [0.1, 0.15) is 5.82 Å². The third-order valence-corrected chi connectivity index (χ3v) is 7.89. The van der Waals surface area contributed by atoms with Gasteiger partial charge in [0, 0.05) is 75.6 Å². The van der Waals surface area contributed by atoms with Crippen molar-refractivity contribution in [3.63, 3.8) is 0 Å². The Morgan fingerprint density at radius 1 is 0.821 bits per heavy atom. The minimum atomic E-state index is -3.78. The van der Waals surface area contributed by atoms with E-state index < -0.39 is 10.0 Å². The van der Waals surface area contributed by atoms with Crippen LogP contribution in [0.15, 0.2) is 65.7 Å². The van der Waals surface area contributed by atoms with E-state index in [0.29, 0.717) is 37.8 Å². The highest BCUT2D eigenvalue weighted by molar-refractivity contribution is 7.89. The maximum absolute atomic E-state index is 12.7. The van der Waals surface area contributed by atoms with E-state index in [1.165, 1.54) is 30.0 Å². The van der Waals surface area contributed by atoms with Crippen molar-refractivity contribution in [1.82, 2.24) is 19.8 Å². The van der Waals surface area contributed by atoms with Crippen LogP contribution in [0.2, 0.25) is 0 Å². The highest BCUT2D eigenvalue weighted by Crippen LogP contribution is 2.22. The molecule has 0 aliphatic carbocycles. The molecule has 2 saturated heterocycles. The summed E-state index contributed by atoms with van der Waals surface area (Å²) in [4.78, 5) is 30.3. The van der Waals surface area contributed by atoms with Crippen molar-refractivity contribution in [2.75, 3.05) is 79.8 Å². The van der Waals surface area contributed by atoms with E-state index >= 15 is 0 Å². The fraction of sp³-hybridized carbons (Fsp3) is 0.346. The third kappa shape index (κ3) is 6.74. The van der Waals surface area contributed by atoms with Crippen LogP contribution >= 0.6 is 0 Å². The molecule has 2 amide bonds. The van der Waals surface area contributed by atoms with E-state index in [-0.39, 0.29) is 10.9 Å². The number of aromatic nitrogens is 2. The molecule has 0 unspecified atom stereocenters. The topological polar surface area (TPSA) is 140 Å². The van der Waals surface area contributed by atoms with Crippen molar-refractivity contribution in [2.24, 2.45) is 5.14 Å². The monoisotopic (exact) mass is 551 g/mol. The maximum Gasteiger partial charge on any atom is 0.321 e. The lowest BCUT2D eigenvalue weighted by Crippen LogP contribution is -2.50. The van der Waals surface area contributed by atoms with Gasteiger partial charge in [-0.3, -0.25) is 0 Å². The number of nitrogens with two attached hydrogens (primary N) is 1. The molecule has 0 atom stereocenters. The van der Waals surface area contributed by atoms with Gasteiger partial charge in [0.15, 0.2) is 0 Å². The van der Waals surface area contributed by atoms with Gasteiger partial charge < -0.3 is 30.2 Å². The highest BCUT2D eigenvalue weighted by Gasteiger charge is 2.22. The summed E-state index contributed by atoms with van der Waals surface area (Å²) in [6, 6.07) is 15.7. The average molecular weight is 552 g/mol. The van der Waals surface area contributed by atoms with E-state index in [1.54, 1.807) is 11.1 Å². The second-order valence-electron chi connectivity index (χ2n) is 9.67. The predicted molar refractivity (Wildman–Crippen MR) is 152 cm³/mol. The van der Waals surface area contributed by atoms with Gasteiger partial charge in [0.2, 0.25) is 16.0 Å². The molecule has 5 rings (SSSR count). The Bertz CT molecular complexity index is 1380. The summed E-state index contributed by atoms with van der Waals surface area (Å²) in [5.41, 5.74) is 2.63. The lowest BCUT2D eigenvalue weighted by molar-refractivity contribution is 0.208. The van der Waals surface area contributed by atoms with Crippen molar-refractivity contribution in [1.29, 1.82) is 0 Å². The molecule has 2 aliphatic rings. The molecule has 0 spiro atoms. The summed E-state index contributed by atoms with van der Waals surface area (Å²) >= 11 is 0. The number of urea groups is 1. The number of hydrogen-bond acceptors (Lipinski definition) is 9. The number of amides is 2. The SMILES string of the molecule is CN1CCN(c2ccc(Nc3nccc(N4CCN(C(=O)Nc5ccc(S(N)(=O)=O)cc5)CC4)n3)cc2)CC1. The van der Waals surface area contributed by atoms with Gasteiger partial charge in [-0.2, -0.15) is 4.98 Å². The minimum Gasteiger partial charge on any atom is -0.369 e. The number of carbonyl (C=O) groups is 1. The van der Waals surface area contributed by atoms with Gasteiger partial charge >= 0.3 is 6.03 Å². The van der Waals surface area contributed by atoms with E-state index in [9.17, 15) is 13.2 Å². The molecule has 3 heterocycles. The average Bonchev–Trinajstić information content (AvgIpc) is 2.94. The van der Waals surface area contributed by atoms with E-state index in [1.807, 2.05) is 18.2 Å². The van der Waals surface area contributed by atoms with Crippen LogP contribution in [-0.4, -0.2) is 93.6 Å². The van der Waals surface area contributed by atoms with Gasteiger partial charge in [-0.1, -0.05) is 0 Å². The Kier molecular flexibility index (Phi) is 7.82. The first-order valence-electron chi connectivity index (χ1n) is 12.8. The first-order chi connectivity index (χ1) is 18.7. The maximum atomic E-state index is 12.7. The normalized spacial score (nSPS) is 16.7. The number of anilines is 5. The van der Waals surface area contributed by atoms with Crippen LogP contribution in [0.3, 0.4) is 0 Å². The molecule has 0 radical (unpaired) electrons. The van der Waals surface area contributed by atoms with Crippen LogP contribution in [-0.2, 0) is 10.0 Å². The first-order valence-corrected chi connectivity index (χ1v) is 14.4. The minimum absolute atomic E-state index is 0.00417. The van der Waals surface area contributed by atoms with Gasteiger partial charge in [0.25, 0.3) is 0 Å². The Labute approximate surface area is 228 Å². The molecule has 2 aliphatic heterocycles. The number of primary sulfonamides is 1. The Hall–Kier alpha value is -3.94. The van der Waals surface area contributed by atoms with Crippen LogP contribution in [0.25, 0.3) is 0 Å². The van der Waals surface area contributed by atoms with Gasteiger partial charge in [-0.25, -0.2) is 23.3 Å². The summed E-state index contributed by atoms with van der Waals surface area (Å²) in [5.74, 6) is 1.31. The Morgan fingerprint density at radius 3 is 2.08 bits per heavy atom. The second kappa shape index (κ2) is 11.4. The summed E-state index contributed by atoms with van der Waals surface area (Å²) in [6.07, 6.45) is 1.73. The zero-order valence-electron chi connectivity index (χ0n) is 21.8. The molecule has 2 aromatic carbocycles. The summed E-state index contributed by atoms with van der Waals surface area (Å²) in [7, 11) is -1.63. The number of benzene rings is 2. The molecule has 2 fully saturated rings. The second-order valence-corrected chi connectivity index (χ2v) is 11.2. The molecular formula is C26H33N9O3S. The van der Waals surface area contributed by atoms with E-state index in [2.05, 4.69) is 54.5 Å². The van der Waals surface area contributed by atoms with Crippen LogP contribution in [0.5, 0.6) is 0 Å². The number of nitrogens with zero attached hydrogens (tertiary/aromatic N) is 6. The zero-order chi connectivity index (χ0) is 27.4. The molecule has 0 bridgehead atoms. The van der Waals surface area contributed by atoms with Crippen molar-refractivity contribution in [3.8, 4) is 0 Å². The standard InChI is InChI=1S/C26H33N9O3S/c1-32-12-14-33(15-13-32)22-6-2-20(3-7-22)29-25-28-11-10-24(31-25)34-16-18-35(19-17-34)26(36)30-21-4-8-23(9-5-21)39(27,37)38/h2-11H,12-19H2,1H3,(H,30,36)(H2,27,37,38)(H,28,29,31). The Balaban J connectivity index is 1.13. The fourth-order valence-electron chi connectivity index (χ4n) is 4.60. The summed E-state index contributed by atoms with van der Waals surface area (Å²) < 4.78 is 22.8. The molecule has 0 saturated carbocycles. The molecule has 1 aromatic heterocycles. The molecule has 39 heavy (non-hydrogen) atoms. The number of carbonyl (C=O) groups excluding carboxylic acids is 1. The molecule has 4 N–H and O–H groups in total. The molecule has 3 aromatic rings. The van der Waals surface area contributed by atoms with Crippen LogP contribution in [0, 0.1) is 0 Å². The van der Waals surface area contributed by atoms with Crippen LogP contribution in [0.1, 0.15) is 0 Å². The number of nitrogens with one attached hydrogen (secondary N) is 2. The number of piperazine rings is 2. The van der Waals surface area contributed by atoms with Crippen LogP contribution < -0.4 is 25.6 Å². The number of rotatable bonds is 6. The largest absolute Gasteiger partial charge is 0.369 e. The summed E-state index contributed by atoms with van der Waals surface area (Å²) in [5, 5.41) is 11.2. The number of hydrogen-bond donors (Lipinski definition) is 3. The third-order valence-electron chi connectivity index (χ3n) is 6.96. The first kappa shape index (κ1) is 26.7. The van der Waals surface area contributed by atoms with Gasteiger partial charge in [-0.05, 0) is 61.6 Å². The van der Waals surface area contributed by atoms with Crippen molar-refractivity contribution in [2.45, 2.75) is 4.90 Å². The molecular weight excluding hydrogens is 518 g/mol.